The number of alkyl halides is 2. The van der Waals surface area contributed by atoms with Crippen molar-refractivity contribution < 1.29 is 22.7 Å². The zero-order valence-electron chi connectivity index (χ0n) is 24.1. The maximum atomic E-state index is 15.8. The Morgan fingerprint density at radius 2 is 1.83 bits per heavy atom. The first-order chi connectivity index (χ1) is 20.0. The summed E-state index contributed by atoms with van der Waals surface area (Å²) in [4.78, 5) is 36.6. The summed E-state index contributed by atoms with van der Waals surface area (Å²) < 4.78 is 49.9. The van der Waals surface area contributed by atoms with Crippen LogP contribution in [0, 0.1) is 5.82 Å². The lowest BCUT2D eigenvalue weighted by Gasteiger charge is -2.44. The molecule has 2 aliphatic heterocycles. The number of aromatic nitrogens is 2. The number of carbonyl (C=O) groups excluding carboxylic acids is 1. The molecule has 2 fully saturated rings. The van der Waals surface area contributed by atoms with E-state index < -0.39 is 29.3 Å². The summed E-state index contributed by atoms with van der Waals surface area (Å²) in [5.41, 5.74) is -0.287. The second-order valence-electron chi connectivity index (χ2n) is 11.0. The fraction of sp³-hybridized carbons (Fsp3) is 0.483. The molecule has 1 amide bonds. The summed E-state index contributed by atoms with van der Waals surface area (Å²) in [6.45, 7) is 8.80. The summed E-state index contributed by atoms with van der Waals surface area (Å²) >= 11 is 1.43. The van der Waals surface area contributed by atoms with E-state index in [0.717, 1.165) is 34.9 Å². The Morgan fingerprint density at radius 1 is 1.14 bits per heavy atom. The first-order valence-electron chi connectivity index (χ1n) is 13.9. The molecule has 3 aromatic rings. The number of likely N-dealkylation sites (N-methyl/N-ethyl adjacent to an activating group) is 1. The predicted octanol–water partition coefficient (Wildman–Crippen LogP) is 4.20. The highest BCUT2D eigenvalue weighted by Crippen LogP contribution is 2.37. The zero-order chi connectivity index (χ0) is 30.1. The number of anilines is 2. The van der Waals surface area contributed by atoms with Crippen molar-refractivity contribution in [1.82, 2.24) is 19.4 Å². The fourth-order valence-electron chi connectivity index (χ4n) is 5.38. The van der Waals surface area contributed by atoms with E-state index in [9.17, 15) is 18.4 Å². The molecular formula is C29H35F3N6O3S. The molecule has 2 atom stereocenters. The molecular weight excluding hydrogens is 569 g/mol. The largest absolute Gasteiger partial charge is 0.379 e. The SMILES string of the molecule is C[C@@H]1CN(c2cc(F)c(-c3csc(CN4CCOCC4)n3)cc2NC(=O)c2cn(C)c(=O)cc2C(F)F)C[C@H](C)N1C. The van der Waals surface area contributed by atoms with Gasteiger partial charge in [-0.25, -0.2) is 18.2 Å². The molecule has 9 nitrogen and oxygen atoms in total. The van der Waals surface area contributed by atoms with E-state index in [1.807, 2.05) is 11.9 Å². The maximum Gasteiger partial charge on any atom is 0.264 e. The monoisotopic (exact) mass is 604 g/mol. The van der Waals surface area contributed by atoms with Crippen molar-refractivity contribution in [2.45, 2.75) is 38.9 Å². The second-order valence-corrected chi connectivity index (χ2v) is 11.9. The van der Waals surface area contributed by atoms with Crippen LogP contribution >= 0.6 is 11.3 Å². The normalized spacial score (nSPS) is 20.3. The van der Waals surface area contributed by atoms with Gasteiger partial charge in [-0.05, 0) is 27.0 Å². The molecule has 2 saturated heterocycles. The van der Waals surface area contributed by atoms with Crippen molar-refractivity contribution in [3.63, 3.8) is 0 Å². The van der Waals surface area contributed by atoms with Crippen molar-refractivity contribution in [3.8, 4) is 11.3 Å². The van der Waals surface area contributed by atoms with Crippen LogP contribution in [0.15, 0.2) is 34.6 Å². The van der Waals surface area contributed by atoms with Crippen molar-refractivity contribution in [2.75, 3.05) is 56.7 Å². The van der Waals surface area contributed by atoms with Crippen LogP contribution in [-0.2, 0) is 18.3 Å². The molecule has 1 N–H and O–H groups in total. The van der Waals surface area contributed by atoms with Gasteiger partial charge in [-0.15, -0.1) is 11.3 Å². The first kappa shape index (κ1) is 30.2. The van der Waals surface area contributed by atoms with Gasteiger partial charge >= 0.3 is 0 Å². The van der Waals surface area contributed by atoms with Crippen molar-refractivity contribution in [1.29, 1.82) is 0 Å². The van der Waals surface area contributed by atoms with Crippen LogP contribution in [0.2, 0.25) is 0 Å². The van der Waals surface area contributed by atoms with Crippen LogP contribution in [0.5, 0.6) is 0 Å². The Balaban J connectivity index is 1.52. The smallest absolute Gasteiger partial charge is 0.264 e. The van der Waals surface area contributed by atoms with Gasteiger partial charge in [0.25, 0.3) is 17.9 Å². The Labute approximate surface area is 246 Å². The van der Waals surface area contributed by atoms with Gasteiger partial charge in [0.05, 0.1) is 42.4 Å². The molecule has 2 aromatic heterocycles. The van der Waals surface area contributed by atoms with E-state index in [1.54, 1.807) is 5.38 Å². The summed E-state index contributed by atoms with van der Waals surface area (Å²) in [7, 11) is 3.42. The summed E-state index contributed by atoms with van der Waals surface area (Å²) in [6.07, 6.45) is -1.93. The number of thiazole rings is 1. The minimum Gasteiger partial charge on any atom is -0.379 e. The van der Waals surface area contributed by atoms with Crippen LogP contribution in [0.3, 0.4) is 0 Å². The van der Waals surface area contributed by atoms with E-state index in [4.69, 9.17) is 4.74 Å². The quantitative estimate of drug-likeness (QED) is 0.433. The molecule has 0 radical (unpaired) electrons. The summed E-state index contributed by atoms with van der Waals surface area (Å²) in [5.74, 6) is -1.32. The highest BCUT2D eigenvalue weighted by molar-refractivity contribution is 7.09. The van der Waals surface area contributed by atoms with Crippen molar-refractivity contribution >= 4 is 28.6 Å². The van der Waals surface area contributed by atoms with Gasteiger partial charge in [-0.2, -0.15) is 0 Å². The molecule has 0 saturated carbocycles. The average molecular weight is 605 g/mol. The third-order valence-electron chi connectivity index (χ3n) is 8.06. The summed E-state index contributed by atoms with van der Waals surface area (Å²) in [6, 6.07) is 3.97. The molecule has 0 bridgehead atoms. The molecule has 42 heavy (non-hydrogen) atoms. The number of piperazine rings is 1. The zero-order valence-corrected chi connectivity index (χ0v) is 24.9. The van der Waals surface area contributed by atoms with Gasteiger partial charge in [0.2, 0.25) is 0 Å². The Hall–Kier alpha value is -3.26. The van der Waals surface area contributed by atoms with E-state index >= 15 is 4.39 Å². The molecule has 1 aromatic carbocycles. The molecule has 4 heterocycles. The number of pyridine rings is 1. The Bertz CT molecular complexity index is 1490. The lowest BCUT2D eigenvalue weighted by Crippen LogP contribution is -2.55. The number of benzene rings is 1. The van der Waals surface area contributed by atoms with Crippen molar-refractivity contribution in [2.24, 2.45) is 7.05 Å². The minimum absolute atomic E-state index is 0.149. The van der Waals surface area contributed by atoms with Crippen LogP contribution in [0.25, 0.3) is 11.3 Å². The van der Waals surface area contributed by atoms with Crippen LogP contribution < -0.4 is 15.8 Å². The third-order valence-corrected chi connectivity index (χ3v) is 8.90. The van der Waals surface area contributed by atoms with Gasteiger partial charge in [-0.3, -0.25) is 19.4 Å². The molecule has 0 unspecified atom stereocenters. The van der Waals surface area contributed by atoms with Gasteiger partial charge in [0.1, 0.15) is 10.8 Å². The maximum absolute atomic E-state index is 15.8. The number of ether oxygens (including phenoxy) is 1. The Morgan fingerprint density at radius 3 is 2.50 bits per heavy atom. The molecule has 0 aliphatic carbocycles. The molecule has 13 heteroatoms. The van der Waals surface area contributed by atoms with E-state index in [1.165, 1.54) is 30.5 Å². The third kappa shape index (κ3) is 6.38. The molecule has 226 valence electrons. The number of hydrogen-bond donors (Lipinski definition) is 1. The van der Waals surface area contributed by atoms with E-state index in [0.29, 0.717) is 44.2 Å². The predicted molar refractivity (Wildman–Crippen MR) is 157 cm³/mol. The van der Waals surface area contributed by atoms with E-state index in [-0.39, 0.29) is 28.9 Å². The number of carbonyl (C=O) groups is 1. The molecule has 5 rings (SSSR count). The first-order valence-corrected chi connectivity index (χ1v) is 14.7. The van der Waals surface area contributed by atoms with Gasteiger partial charge in [0, 0.05) is 80.1 Å². The van der Waals surface area contributed by atoms with Crippen molar-refractivity contribution in [3.05, 3.63) is 62.1 Å². The minimum atomic E-state index is -3.03. The lowest BCUT2D eigenvalue weighted by molar-refractivity contribution is 0.0342. The fourth-order valence-corrected chi connectivity index (χ4v) is 6.22. The van der Waals surface area contributed by atoms with Gasteiger partial charge in [0.15, 0.2) is 0 Å². The molecule has 2 aliphatic rings. The standard InChI is InChI=1S/C29H35F3N6O3S/c1-17-12-38(13-18(2)36(17)4)25-11-22(30)20(24-16-42-26(33-24)15-37-5-7-41-8-6-37)9-23(25)34-29(40)21-14-35(3)27(39)10-19(21)28(31)32/h9-11,14,16-18,28H,5-8,12-13,15H2,1-4H3,(H,34,40)/t17-,18+. The Kier molecular flexibility index (Phi) is 9.02. The highest BCUT2D eigenvalue weighted by atomic mass is 32.1. The highest BCUT2D eigenvalue weighted by Gasteiger charge is 2.30. The van der Waals surface area contributed by atoms with Crippen LogP contribution in [0.1, 0.15) is 41.2 Å². The number of amides is 1. The number of aryl methyl sites for hydroxylation is 1. The van der Waals surface area contributed by atoms with Crippen LogP contribution in [-0.4, -0.2) is 83.8 Å². The van der Waals surface area contributed by atoms with E-state index in [2.05, 4.69) is 33.9 Å². The number of nitrogens with zero attached hydrogens (tertiary/aromatic N) is 5. The number of nitrogens with one attached hydrogen (secondary N) is 1. The number of morpholine rings is 1. The molecule has 0 spiro atoms. The second kappa shape index (κ2) is 12.5. The number of hydrogen-bond acceptors (Lipinski definition) is 8. The van der Waals surface area contributed by atoms with Gasteiger partial charge in [-0.1, -0.05) is 0 Å². The number of rotatable bonds is 7. The average Bonchev–Trinajstić information content (AvgIpc) is 3.41. The van der Waals surface area contributed by atoms with Crippen LogP contribution in [0.4, 0.5) is 24.5 Å². The number of halogens is 3. The topological polar surface area (TPSA) is 82.9 Å². The van der Waals surface area contributed by atoms with Gasteiger partial charge < -0.3 is 19.5 Å². The summed E-state index contributed by atoms with van der Waals surface area (Å²) in [5, 5.41) is 5.37. The lowest BCUT2D eigenvalue weighted by atomic mass is 10.0.